The summed E-state index contributed by atoms with van der Waals surface area (Å²) in [6, 6.07) is 3.84. The predicted molar refractivity (Wildman–Crippen MR) is 69.3 cm³/mol. The van der Waals surface area contributed by atoms with Crippen molar-refractivity contribution < 1.29 is 13.0 Å². The van der Waals surface area contributed by atoms with Gasteiger partial charge in [-0.25, -0.2) is 0 Å². The molecule has 98 valence electrons. The van der Waals surface area contributed by atoms with Crippen LogP contribution in [-0.4, -0.2) is 13.0 Å². The lowest BCUT2D eigenvalue weighted by Crippen LogP contribution is -2.08. The van der Waals surface area contributed by atoms with Crippen LogP contribution in [0.5, 0.6) is 0 Å². The number of benzene rings is 1. The highest BCUT2D eigenvalue weighted by atomic mass is 32.2. The Kier molecular flexibility index (Phi) is 2.58. The van der Waals surface area contributed by atoms with Gasteiger partial charge in [0.15, 0.2) is 0 Å². The van der Waals surface area contributed by atoms with Crippen LogP contribution in [0.25, 0.3) is 0 Å². The zero-order valence-electron chi connectivity index (χ0n) is 10.6. The van der Waals surface area contributed by atoms with Crippen molar-refractivity contribution in [2.45, 2.75) is 50.3 Å². The van der Waals surface area contributed by atoms with Crippen LogP contribution in [0, 0.1) is 12.3 Å². The second kappa shape index (κ2) is 3.81. The standard InChI is InChI=1S/C14H18O3S/c1-10-2-3-11-4-6-14(8-9-14)7-5-12(11)13(10)18(15,16)17/h2-3H,4-9H2,1H3,(H,15,16,17). The highest BCUT2D eigenvalue weighted by Gasteiger charge is 2.43. The molecule has 0 saturated heterocycles. The Morgan fingerprint density at radius 3 is 2.39 bits per heavy atom. The van der Waals surface area contributed by atoms with Crippen LogP contribution >= 0.6 is 0 Å². The molecule has 2 aliphatic carbocycles. The molecule has 0 heterocycles. The molecule has 0 aromatic heterocycles. The monoisotopic (exact) mass is 266 g/mol. The summed E-state index contributed by atoms with van der Waals surface area (Å²) in [5.74, 6) is 0. The highest BCUT2D eigenvalue weighted by Crippen LogP contribution is 2.54. The van der Waals surface area contributed by atoms with Gasteiger partial charge in [-0.2, -0.15) is 8.42 Å². The molecular formula is C14H18O3S. The smallest absolute Gasteiger partial charge is 0.282 e. The zero-order valence-corrected chi connectivity index (χ0v) is 11.4. The third-order valence-electron chi connectivity index (χ3n) is 4.60. The Balaban J connectivity index is 2.12. The molecule has 1 fully saturated rings. The fourth-order valence-electron chi connectivity index (χ4n) is 3.24. The van der Waals surface area contributed by atoms with E-state index >= 15 is 0 Å². The molecule has 18 heavy (non-hydrogen) atoms. The Hall–Kier alpha value is -0.870. The van der Waals surface area contributed by atoms with E-state index in [2.05, 4.69) is 0 Å². The van der Waals surface area contributed by atoms with Gasteiger partial charge in [0.25, 0.3) is 10.1 Å². The van der Waals surface area contributed by atoms with Gasteiger partial charge in [-0.15, -0.1) is 0 Å². The van der Waals surface area contributed by atoms with Gasteiger partial charge >= 0.3 is 0 Å². The maximum Gasteiger partial charge on any atom is 0.295 e. The molecule has 2 aliphatic rings. The maximum absolute atomic E-state index is 11.6. The van der Waals surface area contributed by atoms with Crippen LogP contribution in [0.3, 0.4) is 0 Å². The van der Waals surface area contributed by atoms with Gasteiger partial charge in [-0.3, -0.25) is 4.55 Å². The molecule has 0 unspecified atom stereocenters. The minimum Gasteiger partial charge on any atom is -0.282 e. The van der Waals surface area contributed by atoms with E-state index in [1.54, 1.807) is 6.92 Å². The maximum atomic E-state index is 11.6. The lowest BCUT2D eigenvalue weighted by Gasteiger charge is -2.12. The van der Waals surface area contributed by atoms with Gasteiger partial charge in [0, 0.05) is 0 Å². The molecule has 3 rings (SSSR count). The Labute approximate surface area is 108 Å². The summed E-state index contributed by atoms with van der Waals surface area (Å²) < 4.78 is 32.6. The van der Waals surface area contributed by atoms with Crippen molar-refractivity contribution >= 4 is 10.1 Å². The lowest BCUT2D eigenvalue weighted by molar-refractivity contribution is 0.442. The van der Waals surface area contributed by atoms with Gasteiger partial charge < -0.3 is 0 Å². The van der Waals surface area contributed by atoms with E-state index in [-0.39, 0.29) is 4.90 Å². The van der Waals surface area contributed by atoms with Crippen molar-refractivity contribution in [2.75, 3.05) is 0 Å². The van der Waals surface area contributed by atoms with Crippen molar-refractivity contribution in [3.05, 3.63) is 28.8 Å². The van der Waals surface area contributed by atoms with Gasteiger partial charge in [-0.05, 0) is 67.6 Å². The van der Waals surface area contributed by atoms with Gasteiger partial charge in [0.05, 0.1) is 0 Å². The summed E-state index contributed by atoms with van der Waals surface area (Å²) in [6.07, 6.45) is 6.51. The van der Waals surface area contributed by atoms with E-state index in [4.69, 9.17) is 0 Å². The predicted octanol–water partition coefficient (Wildman–Crippen LogP) is 2.90. The highest BCUT2D eigenvalue weighted by molar-refractivity contribution is 7.86. The van der Waals surface area contributed by atoms with E-state index < -0.39 is 10.1 Å². The van der Waals surface area contributed by atoms with Gasteiger partial charge in [-0.1, -0.05) is 12.1 Å². The summed E-state index contributed by atoms with van der Waals surface area (Å²) in [6.45, 7) is 1.75. The minimum atomic E-state index is -4.11. The number of hydrogen-bond donors (Lipinski definition) is 1. The largest absolute Gasteiger partial charge is 0.295 e. The van der Waals surface area contributed by atoms with Gasteiger partial charge in [0.1, 0.15) is 4.90 Å². The fraction of sp³-hybridized carbons (Fsp3) is 0.571. The Bertz CT molecular complexity index is 598. The van der Waals surface area contributed by atoms with Crippen molar-refractivity contribution in [2.24, 2.45) is 5.41 Å². The molecule has 1 spiro atoms. The van der Waals surface area contributed by atoms with E-state index in [0.29, 0.717) is 11.0 Å². The molecule has 4 heteroatoms. The molecule has 0 radical (unpaired) electrons. The second-order valence-corrected chi connectivity index (χ2v) is 7.18. The number of aryl methyl sites for hydroxylation is 2. The second-order valence-electron chi connectivity index (χ2n) is 5.82. The molecule has 1 aromatic rings. The van der Waals surface area contributed by atoms with Crippen LogP contribution in [0.1, 0.15) is 42.4 Å². The first kappa shape index (κ1) is 12.2. The van der Waals surface area contributed by atoms with E-state index in [1.165, 1.54) is 12.8 Å². The summed E-state index contributed by atoms with van der Waals surface area (Å²) in [4.78, 5) is 0.165. The van der Waals surface area contributed by atoms with Crippen molar-refractivity contribution in [1.82, 2.24) is 0 Å². The first-order chi connectivity index (χ1) is 8.41. The van der Waals surface area contributed by atoms with E-state index in [1.807, 2.05) is 12.1 Å². The molecule has 0 aliphatic heterocycles. The molecular weight excluding hydrogens is 248 g/mol. The van der Waals surface area contributed by atoms with Crippen molar-refractivity contribution in [1.29, 1.82) is 0 Å². The average molecular weight is 266 g/mol. The van der Waals surface area contributed by atoms with Gasteiger partial charge in [0.2, 0.25) is 0 Å². The first-order valence-corrected chi connectivity index (χ1v) is 7.94. The zero-order chi connectivity index (χ0) is 13.0. The summed E-state index contributed by atoms with van der Waals surface area (Å²) >= 11 is 0. The molecule has 1 saturated carbocycles. The van der Waals surface area contributed by atoms with Crippen LogP contribution in [0.15, 0.2) is 17.0 Å². The normalized spacial score (nSPS) is 21.4. The third kappa shape index (κ3) is 1.97. The quantitative estimate of drug-likeness (QED) is 0.795. The SMILES string of the molecule is Cc1ccc2c(c1S(=O)(=O)O)CCC1(CC2)CC1. The number of hydrogen-bond acceptors (Lipinski definition) is 2. The summed E-state index contributed by atoms with van der Waals surface area (Å²) in [5.41, 5.74) is 3.10. The molecule has 3 nitrogen and oxygen atoms in total. The summed E-state index contributed by atoms with van der Waals surface area (Å²) in [7, 11) is -4.11. The lowest BCUT2D eigenvalue weighted by atomic mass is 9.97. The van der Waals surface area contributed by atoms with Crippen molar-refractivity contribution in [3.63, 3.8) is 0 Å². The van der Waals surface area contributed by atoms with E-state index in [0.717, 1.165) is 36.8 Å². The Morgan fingerprint density at radius 1 is 1.11 bits per heavy atom. The van der Waals surface area contributed by atoms with Crippen LogP contribution < -0.4 is 0 Å². The number of rotatable bonds is 1. The molecule has 1 N–H and O–H groups in total. The first-order valence-electron chi connectivity index (χ1n) is 6.50. The molecule has 0 amide bonds. The molecule has 1 aromatic carbocycles. The fourth-order valence-corrected chi connectivity index (χ4v) is 4.26. The van der Waals surface area contributed by atoms with Crippen LogP contribution in [0.2, 0.25) is 0 Å². The van der Waals surface area contributed by atoms with E-state index in [9.17, 15) is 13.0 Å². The molecule has 0 bridgehead atoms. The van der Waals surface area contributed by atoms with Crippen LogP contribution in [-0.2, 0) is 23.0 Å². The van der Waals surface area contributed by atoms with Crippen LogP contribution in [0.4, 0.5) is 0 Å². The average Bonchev–Trinajstić information content (AvgIpc) is 3.06. The number of fused-ring (bicyclic) bond motifs is 1. The topological polar surface area (TPSA) is 54.4 Å². The third-order valence-corrected chi connectivity index (χ3v) is 5.68. The molecule has 0 atom stereocenters. The summed E-state index contributed by atoms with van der Waals surface area (Å²) in [5, 5.41) is 0. The van der Waals surface area contributed by atoms with Crippen molar-refractivity contribution in [3.8, 4) is 0 Å². The minimum absolute atomic E-state index is 0.165. The Morgan fingerprint density at radius 2 is 1.78 bits per heavy atom.